The lowest BCUT2D eigenvalue weighted by Crippen LogP contribution is -2.29. The molecule has 4 heteroatoms. The van der Waals surface area contributed by atoms with Gasteiger partial charge in [-0.3, -0.25) is 4.79 Å². The van der Waals surface area contributed by atoms with Crippen molar-refractivity contribution >= 4 is 23.2 Å². The molecule has 0 saturated heterocycles. The molecule has 1 aromatic heterocycles. The van der Waals surface area contributed by atoms with Crippen molar-refractivity contribution in [2.24, 2.45) is 4.99 Å². The Bertz CT molecular complexity index is 394. The number of carbonyl (C=O) groups is 1. The number of hydrogen-bond acceptors (Lipinski definition) is 4. The van der Waals surface area contributed by atoms with Crippen molar-refractivity contribution in [3.05, 3.63) is 22.4 Å². The quantitative estimate of drug-likeness (QED) is 0.568. The highest BCUT2D eigenvalue weighted by Crippen LogP contribution is 2.41. The normalized spacial score (nSPS) is 19.6. The third-order valence-corrected chi connectivity index (χ3v) is 3.94. The molecule has 1 fully saturated rings. The van der Waals surface area contributed by atoms with Crippen LogP contribution >= 0.6 is 11.3 Å². The Morgan fingerprint density at radius 1 is 1.40 bits per heavy atom. The zero-order valence-electron chi connectivity index (χ0n) is 8.23. The maximum Gasteiger partial charge on any atom is 0.235 e. The number of isocyanates is 1. The van der Waals surface area contributed by atoms with Crippen LogP contribution in [0.4, 0.5) is 0 Å². The lowest BCUT2D eigenvalue weighted by molar-refractivity contribution is -0.121. The molecule has 0 amide bonds. The predicted octanol–water partition coefficient (Wildman–Crippen LogP) is 2.42. The first kappa shape index (κ1) is 10.3. The molecule has 1 aliphatic rings. The van der Waals surface area contributed by atoms with E-state index < -0.39 is 5.54 Å². The van der Waals surface area contributed by atoms with Crippen LogP contribution in [-0.2, 0) is 15.1 Å². The van der Waals surface area contributed by atoms with E-state index in [9.17, 15) is 9.59 Å². The van der Waals surface area contributed by atoms with Crippen molar-refractivity contribution in [2.75, 3.05) is 0 Å². The standard InChI is InChI=1S/C11H11NO2S/c13-8-12-11(10-2-1-7-15-10)5-3-9(14)4-6-11/h1-2,7H,3-6H2. The van der Waals surface area contributed by atoms with Crippen LogP contribution in [0, 0.1) is 0 Å². The molecule has 0 atom stereocenters. The van der Waals surface area contributed by atoms with E-state index in [0.717, 1.165) is 4.88 Å². The number of Topliss-reactive ketones (excluding diaryl/α,β-unsaturated/α-hetero) is 1. The van der Waals surface area contributed by atoms with Crippen molar-refractivity contribution in [3.63, 3.8) is 0 Å². The summed E-state index contributed by atoms with van der Waals surface area (Å²) in [5, 5.41) is 1.97. The highest BCUT2D eigenvalue weighted by atomic mass is 32.1. The number of ketones is 1. The average Bonchev–Trinajstić information content (AvgIpc) is 2.76. The van der Waals surface area contributed by atoms with Crippen molar-refractivity contribution in [1.29, 1.82) is 0 Å². The average molecular weight is 221 g/mol. The van der Waals surface area contributed by atoms with Gasteiger partial charge < -0.3 is 0 Å². The summed E-state index contributed by atoms with van der Waals surface area (Å²) in [5.41, 5.74) is -0.468. The highest BCUT2D eigenvalue weighted by molar-refractivity contribution is 7.10. The monoisotopic (exact) mass is 221 g/mol. The summed E-state index contributed by atoms with van der Waals surface area (Å²) in [6.45, 7) is 0. The predicted molar refractivity (Wildman–Crippen MR) is 57.6 cm³/mol. The summed E-state index contributed by atoms with van der Waals surface area (Å²) in [6, 6.07) is 3.92. The van der Waals surface area contributed by atoms with E-state index in [1.807, 2.05) is 17.5 Å². The van der Waals surface area contributed by atoms with Gasteiger partial charge in [-0.15, -0.1) is 11.3 Å². The Morgan fingerprint density at radius 3 is 2.67 bits per heavy atom. The molecule has 0 N–H and O–H groups in total. The van der Waals surface area contributed by atoms with E-state index in [1.54, 1.807) is 17.4 Å². The van der Waals surface area contributed by atoms with Crippen LogP contribution in [0.2, 0.25) is 0 Å². The largest absolute Gasteiger partial charge is 0.300 e. The minimum Gasteiger partial charge on any atom is -0.300 e. The molecule has 0 bridgehead atoms. The van der Waals surface area contributed by atoms with Gasteiger partial charge in [0, 0.05) is 17.7 Å². The first-order valence-corrected chi connectivity index (χ1v) is 5.79. The topological polar surface area (TPSA) is 46.5 Å². The third-order valence-electron chi connectivity index (χ3n) is 2.87. The third kappa shape index (κ3) is 1.91. The molecular weight excluding hydrogens is 210 g/mol. The molecule has 0 spiro atoms. The second-order valence-corrected chi connectivity index (χ2v) is 4.70. The van der Waals surface area contributed by atoms with Gasteiger partial charge in [0.2, 0.25) is 6.08 Å². The van der Waals surface area contributed by atoms with Gasteiger partial charge in [0.05, 0.1) is 0 Å². The molecular formula is C11H11NO2S. The van der Waals surface area contributed by atoms with E-state index in [4.69, 9.17) is 0 Å². The molecule has 1 saturated carbocycles. The van der Waals surface area contributed by atoms with Gasteiger partial charge in [0.1, 0.15) is 11.3 Å². The van der Waals surface area contributed by atoms with Gasteiger partial charge in [-0.2, -0.15) is 4.99 Å². The lowest BCUT2D eigenvalue weighted by Gasteiger charge is -2.30. The van der Waals surface area contributed by atoms with Crippen LogP contribution in [-0.4, -0.2) is 11.9 Å². The van der Waals surface area contributed by atoms with Gasteiger partial charge in [0.25, 0.3) is 0 Å². The Kier molecular flexibility index (Phi) is 2.80. The minimum atomic E-state index is -0.468. The lowest BCUT2D eigenvalue weighted by atomic mass is 9.80. The zero-order valence-corrected chi connectivity index (χ0v) is 9.05. The van der Waals surface area contributed by atoms with Crippen molar-refractivity contribution < 1.29 is 9.59 Å². The Hall–Kier alpha value is -1.25. The molecule has 1 heterocycles. The number of carbonyl (C=O) groups excluding carboxylic acids is 2. The molecule has 0 radical (unpaired) electrons. The second-order valence-electron chi connectivity index (χ2n) is 3.75. The fourth-order valence-corrected chi connectivity index (χ4v) is 2.92. The second kappa shape index (κ2) is 4.09. The highest BCUT2D eigenvalue weighted by Gasteiger charge is 2.37. The minimum absolute atomic E-state index is 0.267. The maximum absolute atomic E-state index is 11.2. The number of nitrogens with zero attached hydrogens (tertiary/aromatic N) is 1. The number of hydrogen-bond donors (Lipinski definition) is 0. The van der Waals surface area contributed by atoms with E-state index in [1.165, 1.54) is 0 Å². The van der Waals surface area contributed by atoms with Crippen LogP contribution in [0.1, 0.15) is 30.6 Å². The van der Waals surface area contributed by atoms with E-state index in [0.29, 0.717) is 25.7 Å². The summed E-state index contributed by atoms with van der Waals surface area (Å²) in [6.07, 6.45) is 3.97. The van der Waals surface area contributed by atoms with Crippen molar-refractivity contribution in [2.45, 2.75) is 31.2 Å². The van der Waals surface area contributed by atoms with Crippen LogP contribution in [0.25, 0.3) is 0 Å². The van der Waals surface area contributed by atoms with E-state index >= 15 is 0 Å². The van der Waals surface area contributed by atoms with Crippen LogP contribution in [0.3, 0.4) is 0 Å². The summed E-state index contributed by atoms with van der Waals surface area (Å²) >= 11 is 1.59. The molecule has 3 nitrogen and oxygen atoms in total. The van der Waals surface area contributed by atoms with Crippen LogP contribution in [0.15, 0.2) is 22.5 Å². The van der Waals surface area contributed by atoms with Crippen molar-refractivity contribution in [1.82, 2.24) is 0 Å². The Balaban J connectivity index is 2.33. The van der Waals surface area contributed by atoms with Crippen molar-refractivity contribution in [3.8, 4) is 0 Å². The van der Waals surface area contributed by atoms with Crippen LogP contribution in [0.5, 0.6) is 0 Å². The molecule has 0 unspecified atom stereocenters. The summed E-state index contributed by atoms with van der Waals surface area (Å²) in [5.74, 6) is 0.267. The smallest absolute Gasteiger partial charge is 0.235 e. The SMILES string of the molecule is O=C=NC1(c2cccs2)CCC(=O)CC1. The maximum atomic E-state index is 11.2. The molecule has 1 aromatic rings. The summed E-state index contributed by atoms with van der Waals surface area (Å²) in [4.78, 5) is 26.7. The fraction of sp³-hybridized carbons (Fsp3) is 0.455. The van der Waals surface area contributed by atoms with E-state index in [2.05, 4.69) is 4.99 Å². The zero-order chi connectivity index (χ0) is 10.7. The Labute approximate surface area is 91.8 Å². The summed E-state index contributed by atoms with van der Waals surface area (Å²) < 4.78 is 0. The molecule has 2 rings (SSSR count). The van der Waals surface area contributed by atoms with Gasteiger partial charge in [-0.1, -0.05) is 6.07 Å². The summed E-state index contributed by atoms with van der Waals surface area (Å²) in [7, 11) is 0. The molecule has 0 aromatic carbocycles. The number of rotatable bonds is 2. The molecule has 0 aliphatic heterocycles. The molecule has 15 heavy (non-hydrogen) atoms. The van der Waals surface area contributed by atoms with Crippen LogP contribution < -0.4 is 0 Å². The fourth-order valence-electron chi connectivity index (χ4n) is 1.99. The van der Waals surface area contributed by atoms with E-state index in [-0.39, 0.29) is 5.78 Å². The molecule has 78 valence electrons. The first-order valence-electron chi connectivity index (χ1n) is 4.91. The van der Waals surface area contributed by atoms with Gasteiger partial charge in [-0.25, -0.2) is 4.79 Å². The van der Waals surface area contributed by atoms with Gasteiger partial charge in [-0.05, 0) is 24.3 Å². The molecule has 1 aliphatic carbocycles. The van der Waals surface area contributed by atoms with Gasteiger partial charge in [0.15, 0.2) is 0 Å². The van der Waals surface area contributed by atoms with Gasteiger partial charge >= 0.3 is 0 Å². The number of thiophene rings is 1. The first-order chi connectivity index (χ1) is 7.27. The Morgan fingerprint density at radius 2 is 2.13 bits per heavy atom. The number of aliphatic imine (C=N–C) groups is 1.